The fourth-order valence-corrected chi connectivity index (χ4v) is 2.23. The first-order valence-electron chi connectivity index (χ1n) is 5.92. The first-order valence-corrected chi connectivity index (χ1v) is 5.92. The fourth-order valence-electron chi connectivity index (χ4n) is 2.23. The molecule has 4 heteroatoms. The van der Waals surface area contributed by atoms with Gasteiger partial charge in [-0.15, -0.1) is 0 Å². The van der Waals surface area contributed by atoms with E-state index in [0.29, 0.717) is 11.3 Å². The zero-order valence-electron chi connectivity index (χ0n) is 9.66. The highest BCUT2D eigenvalue weighted by Gasteiger charge is 2.15. The molecule has 0 saturated carbocycles. The van der Waals surface area contributed by atoms with Gasteiger partial charge in [-0.25, -0.2) is 4.39 Å². The van der Waals surface area contributed by atoms with Gasteiger partial charge in [-0.05, 0) is 37.0 Å². The Balaban J connectivity index is 2.15. The predicted molar refractivity (Wildman–Crippen MR) is 63.8 cm³/mol. The Morgan fingerprint density at radius 1 is 1.29 bits per heavy atom. The van der Waals surface area contributed by atoms with Crippen molar-refractivity contribution in [1.29, 1.82) is 0 Å². The summed E-state index contributed by atoms with van der Waals surface area (Å²) in [5.74, 6) is -1.25. The molecule has 92 valence electrons. The number of piperidine rings is 1. The largest absolute Gasteiger partial charge is 0.481 e. The van der Waals surface area contributed by atoms with Crippen LogP contribution in [0.15, 0.2) is 18.2 Å². The molecule has 1 saturated heterocycles. The van der Waals surface area contributed by atoms with Crippen LogP contribution in [0.5, 0.6) is 0 Å². The van der Waals surface area contributed by atoms with Gasteiger partial charge in [0, 0.05) is 13.1 Å². The van der Waals surface area contributed by atoms with Crippen molar-refractivity contribution in [1.82, 2.24) is 0 Å². The smallest absolute Gasteiger partial charge is 0.307 e. The van der Waals surface area contributed by atoms with E-state index in [2.05, 4.69) is 0 Å². The number of anilines is 1. The lowest BCUT2D eigenvalue weighted by atomic mass is 10.1. The second kappa shape index (κ2) is 5.17. The molecule has 1 aromatic rings. The summed E-state index contributed by atoms with van der Waals surface area (Å²) < 4.78 is 13.9. The second-order valence-corrected chi connectivity index (χ2v) is 4.40. The van der Waals surface area contributed by atoms with Gasteiger partial charge in [-0.2, -0.15) is 0 Å². The van der Waals surface area contributed by atoms with Gasteiger partial charge in [-0.3, -0.25) is 4.79 Å². The summed E-state index contributed by atoms with van der Waals surface area (Å²) in [4.78, 5) is 12.6. The van der Waals surface area contributed by atoms with Crippen LogP contribution >= 0.6 is 0 Å². The SMILES string of the molecule is O=C(O)Cc1ccc(N2CCCCC2)c(F)c1. The fraction of sp³-hybridized carbons (Fsp3) is 0.462. The van der Waals surface area contributed by atoms with Crippen LogP contribution in [-0.4, -0.2) is 24.2 Å². The van der Waals surface area contributed by atoms with Gasteiger partial charge >= 0.3 is 5.97 Å². The van der Waals surface area contributed by atoms with E-state index in [1.54, 1.807) is 12.1 Å². The van der Waals surface area contributed by atoms with Crippen molar-refractivity contribution < 1.29 is 14.3 Å². The number of hydrogen-bond acceptors (Lipinski definition) is 2. The van der Waals surface area contributed by atoms with Crippen molar-refractivity contribution in [2.45, 2.75) is 25.7 Å². The molecule has 1 fully saturated rings. The highest BCUT2D eigenvalue weighted by molar-refractivity contribution is 5.70. The molecule has 0 bridgehead atoms. The van der Waals surface area contributed by atoms with Crippen molar-refractivity contribution in [3.8, 4) is 0 Å². The van der Waals surface area contributed by atoms with E-state index in [1.807, 2.05) is 4.90 Å². The molecule has 2 rings (SSSR count). The minimum absolute atomic E-state index is 0.128. The monoisotopic (exact) mass is 237 g/mol. The van der Waals surface area contributed by atoms with Crippen LogP contribution in [0.1, 0.15) is 24.8 Å². The zero-order valence-corrected chi connectivity index (χ0v) is 9.66. The lowest BCUT2D eigenvalue weighted by Gasteiger charge is -2.29. The summed E-state index contributed by atoms with van der Waals surface area (Å²) in [5, 5.41) is 8.64. The number of nitrogens with zero attached hydrogens (tertiary/aromatic N) is 1. The Morgan fingerprint density at radius 2 is 2.00 bits per heavy atom. The van der Waals surface area contributed by atoms with Crippen LogP contribution in [0.25, 0.3) is 0 Å². The topological polar surface area (TPSA) is 40.5 Å². The maximum absolute atomic E-state index is 13.9. The summed E-state index contributed by atoms with van der Waals surface area (Å²) in [6, 6.07) is 4.72. The molecule has 0 radical (unpaired) electrons. The average molecular weight is 237 g/mol. The van der Waals surface area contributed by atoms with E-state index in [9.17, 15) is 9.18 Å². The van der Waals surface area contributed by atoms with Crippen molar-refractivity contribution in [3.63, 3.8) is 0 Å². The summed E-state index contributed by atoms with van der Waals surface area (Å²) in [5.41, 5.74) is 1.11. The van der Waals surface area contributed by atoms with E-state index < -0.39 is 5.97 Å². The molecule has 17 heavy (non-hydrogen) atoms. The van der Waals surface area contributed by atoms with E-state index >= 15 is 0 Å². The first-order chi connectivity index (χ1) is 8.16. The van der Waals surface area contributed by atoms with Crippen molar-refractivity contribution in [3.05, 3.63) is 29.6 Å². The highest BCUT2D eigenvalue weighted by atomic mass is 19.1. The molecular formula is C13H16FNO2. The predicted octanol–water partition coefficient (Wildman–Crippen LogP) is 2.44. The number of carboxylic acids is 1. The van der Waals surface area contributed by atoms with Crippen LogP contribution in [-0.2, 0) is 11.2 Å². The van der Waals surface area contributed by atoms with Gasteiger partial charge in [0.25, 0.3) is 0 Å². The van der Waals surface area contributed by atoms with Crippen LogP contribution in [0.2, 0.25) is 0 Å². The lowest BCUT2D eigenvalue weighted by molar-refractivity contribution is -0.136. The van der Waals surface area contributed by atoms with Gasteiger partial charge in [0.1, 0.15) is 5.82 Å². The van der Waals surface area contributed by atoms with Crippen LogP contribution < -0.4 is 4.90 Å². The zero-order chi connectivity index (χ0) is 12.3. The molecular weight excluding hydrogens is 221 g/mol. The maximum atomic E-state index is 13.9. The molecule has 0 unspecified atom stereocenters. The number of rotatable bonds is 3. The molecule has 3 nitrogen and oxygen atoms in total. The number of benzene rings is 1. The summed E-state index contributed by atoms with van der Waals surface area (Å²) in [6.45, 7) is 1.77. The standard InChI is InChI=1S/C13H16FNO2/c14-11-8-10(9-13(16)17)4-5-12(11)15-6-2-1-3-7-15/h4-5,8H,1-3,6-7,9H2,(H,16,17). The van der Waals surface area contributed by atoms with Crippen LogP contribution in [0.3, 0.4) is 0 Å². The Kier molecular flexibility index (Phi) is 3.61. The number of carboxylic acid groups (broad SMARTS) is 1. The van der Waals surface area contributed by atoms with E-state index in [4.69, 9.17) is 5.11 Å². The molecule has 1 aromatic carbocycles. The number of hydrogen-bond donors (Lipinski definition) is 1. The summed E-state index contributed by atoms with van der Waals surface area (Å²) >= 11 is 0. The highest BCUT2D eigenvalue weighted by Crippen LogP contribution is 2.24. The minimum atomic E-state index is -0.935. The number of carbonyl (C=O) groups is 1. The molecule has 1 aliphatic rings. The Hall–Kier alpha value is -1.58. The van der Waals surface area contributed by atoms with Crippen LogP contribution in [0.4, 0.5) is 10.1 Å². The first kappa shape index (κ1) is 11.9. The molecule has 1 aliphatic heterocycles. The quantitative estimate of drug-likeness (QED) is 0.877. The van der Waals surface area contributed by atoms with Crippen molar-refractivity contribution in [2.75, 3.05) is 18.0 Å². The molecule has 0 amide bonds. The minimum Gasteiger partial charge on any atom is -0.481 e. The Bertz CT molecular complexity index is 414. The number of halogens is 1. The molecule has 0 aliphatic carbocycles. The second-order valence-electron chi connectivity index (χ2n) is 4.40. The molecule has 0 atom stereocenters. The lowest BCUT2D eigenvalue weighted by Crippen LogP contribution is -2.30. The molecule has 1 N–H and O–H groups in total. The number of aliphatic carboxylic acids is 1. The summed E-state index contributed by atoms with van der Waals surface area (Å²) in [7, 11) is 0. The van der Waals surface area contributed by atoms with Crippen molar-refractivity contribution >= 4 is 11.7 Å². The molecule has 1 heterocycles. The van der Waals surface area contributed by atoms with Gasteiger partial charge < -0.3 is 10.0 Å². The van der Waals surface area contributed by atoms with Gasteiger partial charge in [-0.1, -0.05) is 6.07 Å². The normalized spacial score (nSPS) is 15.9. The Morgan fingerprint density at radius 3 is 2.59 bits per heavy atom. The molecule has 0 spiro atoms. The third-order valence-corrected chi connectivity index (χ3v) is 3.06. The molecule has 0 aromatic heterocycles. The van der Waals surface area contributed by atoms with E-state index in [-0.39, 0.29) is 12.2 Å². The third kappa shape index (κ3) is 2.96. The Labute approximate surface area is 99.9 Å². The van der Waals surface area contributed by atoms with Gasteiger partial charge in [0.05, 0.1) is 12.1 Å². The summed E-state index contributed by atoms with van der Waals surface area (Å²) in [6.07, 6.45) is 3.26. The average Bonchev–Trinajstić information content (AvgIpc) is 2.29. The van der Waals surface area contributed by atoms with Gasteiger partial charge in [0.15, 0.2) is 0 Å². The van der Waals surface area contributed by atoms with Crippen molar-refractivity contribution in [2.24, 2.45) is 0 Å². The van der Waals surface area contributed by atoms with Crippen LogP contribution in [0, 0.1) is 5.82 Å². The van der Waals surface area contributed by atoms with Gasteiger partial charge in [0.2, 0.25) is 0 Å². The van der Waals surface area contributed by atoms with E-state index in [1.165, 1.54) is 12.5 Å². The van der Waals surface area contributed by atoms with E-state index in [0.717, 1.165) is 25.9 Å². The maximum Gasteiger partial charge on any atom is 0.307 e. The third-order valence-electron chi connectivity index (χ3n) is 3.06.